The first-order valence-electron chi connectivity index (χ1n) is 5.31. The van der Waals surface area contributed by atoms with Crippen molar-refractivity contribution in [3.63, 3.8) is 0 Å². The lowest BCUT2D eigenvalue weighted by molar-refractivity contribution is -0.220. The van der Waals surface area contributed by atoms with Crippen LogP contribution in [0.25, 0.3) is 0 Å². The van der Waals surface area contributed by atoms with Crippen molar-refractivity contribution < 1.29 is 32.0 Å². The summed E-state index contributed by atoms with van der Waals surface area (Å²) >= 11 is 5.69. The molecule has 1 aromatic rings. The number of hydrogen-bond donors (Lipinski definition) is 1. The number of phosphoric ester groups is 1. The fraction of sp³-hybridized carbons (Fsp3) is 0.400. The number of hydrogen-bond acceptors (Lipinski definition) is 7. The molecular weight excluding hydrogens is 345 g/mol. The molecule has 122 valence electrons. The van der Waals surface area contributed by atoms with Crippen molar-refractivity contribution in [3.05, 3.63) is 23.2 Å². The van der Waals surface area contributed by atoms with Crippen molar-refractivity contribution in [1.82, 2.24) is 4.31 Å². The van der Waals surface area contributed by atoms with E-state index in [2.05, 4.69) is 9.05 Å². The molecule has 0 spiro atoms. The van der Waals surface area contributed by atoms with Gasteiger partial charge < -0.3 is 19.0 Å². The Hall–Kier alpha value is -0.670. The van der Waals surface area contributed by atoms with Crippen LogP contribution in [0.15, 0.2) is 23.1 Å². The van der Waals surface area contributed by atoms with Gasteiger partial charge in [0.05, 0.1) is 5.02 Å². The maximum atomic E-state index is 11.6. The molecule has 0 radical (unpaired) electrons. The highest BCUT2D eigenvalue weighted by atomic mass is 35.5. The highest BCUT2D eigenvalue weighted by Crippen LogP contribution is 2.34. The molecule has 0 aliphatic heterocycles. The number of halogens is 1. The van der Waals surface area contributed by atoms with E-state index in [0.717, 1.165) is 18.5 Å². The minimum Gasteiger partial charge on any atom is -0.756 e. The van der Waals surface area contributed by atoms with Gasteiger partial charge in [-0.25, -0.2) is 12.7 Å². The zero-order chi connectivity index (χ0) is 16.8. The van der Waals surface area contributed by atoms with Crippen LogP contribution in [-0.4, -0.2) is 46.1 Å². The first kappa shape index (κ1) is 20.3. The summed E-state index contributed by atoms with van der Waals surface area (Å²) in [7, 11) is -2.53. The van der Waals surface area contributed by atoms with Crippen LogP contribution in [-0.2, 0) is 23.6 Å². The van der Waals surface area contributed by atoms with Crippen molar-refractivity contribution in [2.45, 2.75) is 4.90 Å². The van der Waals surface area contributed by atoms with E-state index >= 15 is 0 Å². The van der Waals surface area contributed by atoms with Gasteiger partial charge in [-0.1, -0.05) is 11.6 Å². The number of phosphoric acid groups is 1. The maximum Gasteiger partial charge on any atom is 0.267 e. The molecule has 1 rings (SSSR count). The number of nitrogens with zero attached hydrogens (tertiary/aromatic N) is 1. The summed E-state index contributed by atoms with van der Waals surface area (Å²) in [6.07, 6.45) is 0. The Morgan fingerprint density at radius 1 is 1.29 bits per heavy atom. The Bertz CT molecular complexity index is 612. The highest BCUT2D eigenvalue weighted by molar-refractivity contribution is 7.89. The number of phenols is 1. The fourth-order valence-corrected chi connectivity index (χ4v) is 2.53. The number of rotatable bonds is 4. The van der Waals surface area contributed by atoms with Crippen LogP contribution in [0.4, 0.5) is 0 Å². The lowest BCUT2D eigenvalue weighted by Crippen LogP contribution is -2.22. The number of phenolic OH excluding ortho intramolecular Hbond substituents is 1. The first-order valence-corrected chi connectivity index (χ1v) is 8.59. The van der Waals surface area contributed by atoms with Crippen LogP contribution in [0.1, 0.15) is 0 Å². The van der Waals surface area contributed by atoms with Crippen LogP contribution in [0, 0.1) is 0 Å². The largest absolute Gasteiger partial charge is 0.756 e. The summed E-state index contributed by atoms with van der Waals surface area (Å²) in [6.45, 7) is 0. The van der Waals surface area contributed by atoms with E-state index in [-0.39, 0.29) is 15.7 Å². The first-order chi connectivity index (χ1) is 9.47. The monoisotopic (exact) mass is 360 g/mol. The molecule has 0 bridgehead atoms. The van der Waals surface area contributed by atoms with Crippen LogP contribution in [0.2, 0.25) is 5.02 Å². The van der Waals surface area contributed by atoms with Crippen LogP contribution in [0.3, 0.4) is 0 Å². The average molecular weight is 361 g/mol. The summed E-state index contributed by atoms with van der Waals surface area (Å²) in [6, 6.07) is 3.74. The lowest BCUT2D eigenvalue weighted by Gasteiger charge is -2.16. The van der Waals surface area contributed by atoms with Crippen LogP contribution in [0.5, 0.6) is 5.75 Å². The van der Waals surface area contributed by atoms with Gasteiger partial charge in [-0.3, -0.25) is 4.57 Å². The Morgan fingerprint density at radius 3 is 2.05 bits per heavy atom. The van der Waals surface area contributed by atoms with Crippen LogP contribution < -0.4 is 4.89 Å². The topological polar surface area (TPSA) is 116 Å². The fourth-order valence-electron chi connectivity index (χ4n) is 0.970. The molecule has 0 fully saturated rings. The van der Waals surface area contributed by atoms with Gasteiger partial charge in [-0.15, -0.1) is 0 Å². The Labute approximate surface area is 128 Å². The summed E-state index contributed by atoms with van der Waals surface area (Å²) in [4.78, 5) is 9.94. The molecule has 1 aromatic carbocycles. The van der Waals surface area contributed by atoms with Crippen molar-refractivity contribution in [3.8, 4) is 5.75 Å². The van der Waals surface area contributed by atoms with Crippen molar-refractivity contribution in [2.24, 2.45) is 0 Å². The third-order valence-corrected chi connectivity index (χ3v) is 5.31. The molecule has 0 atom stereocenters. The van der Waals surface area contributed by atoms with E-state index in [9.17, 15) is 17.9 Å². The molecule has 0 saturated heterocycles. The summed E-state index contributed by atoms with van der Waals surface area (Å²) in [5.74, 6) is -0.0623. The zero-order valence-electron chi connectivity index (χ0n) is 11.8. The van der Waals surface area contributed by atoms with Crippen LogP contribution >= 0.6 is 19.4 Å². The molecule has 8 nitrogen and oxygen atoms in total. The molecule has 0 aromatic heterocycles. The SMILES string of the molecule is CN(C)S(=O)(=O)c1ccc(O)cc1Cl.COP(=O)([O-])OC. The molecule has 0 amide bonds. The molecule has 11 heteroatoms. The van der Waals surface area contributed by atoms with Gasteiger partial charge in [0.25, 0.3) is 7.82 Å². The second-order valence-electron chi connectivity index (χ2n) is 3.71. The minimum atomic E-state index is -3.90. The smallest absolute Gasteiger partial charge is 0.267 e. The highest BCUT2D eigenvalue weighted by Gasteiger charge is 2.20. The predicted molar refractivity (Wildman–Crippen MR) is 75.6 cm³/mol. The Kier molecular flexibility index (Phi) is 7.83. The molecule has 0 unspecified atom stereocenters. The van der Waals surface area contributed by atoms with Gasteiger partial charge in [0.15, 0.2) is 0 Å². The third kappa shape index (κ3) is 6.31. The van der Waals surface area contributed by atoms with E-state index < -0.39 is 17.8 Å². The summed E-state index contributed by atoms with van der Waals surface area (Å²) in [5, 5.41) is 9.06. The number of sulfonamides is 1. The summed E-state index contributed by atoms with van der Waals surface area (Å²) < 4.78 is 42.0. The quantitative estimate of drug-likeness (QED) is 0.797. The van der Waals surface area contributed by atoms with E-state index in [1.54, 1.807) is 0 Å². The molecule has 21 heavy (non-hydrogen) atoms. The Balaban J connectivity index is 0.000000486. The van der Waals surface area contributed by atoms with E-state index in [4.69, 9.17) is 16.7 Å². The van der Waals surface area contributed by atoms with Gasteiger partial charge >= 0.3 is 0 Å². The molecular formula is C10H16ClNO7PS-. The third-order valence-electron chi connectivity index (χ3n) is 2.12. The predicted octanol–water partition coefficient (Wildman–Crippen LogP) is 1.04. The molecule has 0 saturated carbocycles. The average Bonchev–Trinajstić information content (AvgIpc) is 2.38. The Morgan fingerprint density at radius 2 is 1.76 bits per heavy atom. The van der Waals surface area contributed by atoms with Crippen molar-refractivity contribution in [2.75, 3.05) is 28.3 Å². The maximum absolute atomic E-state index is 11.6. The van der Waals surface area contributed by atoms with Crippen molar-refractivity contribution >= 4 is 29.4 Å². The van der Waals surface area contributed by atoms with Gasteiger partial charge in [-0.05, 0) is 18.2 Å². The zero-order valence-corrected chi connectivity index (χ0v) is 14.3. The second kappa shape index (κ2) is 8.09. The number of benzene rings is 1. The van der Waals surface area contributed by atoms with Gasteiger partial charge in [0.1, 0.15) is 10.6 Å². The van der Waals surface area contributed by atoms with E-state index in [0.29, 0.717) is 0 Å². The second-order valence-corrected chi connectivity index (χ2v) is 7.87. The van der Waals surface area contributed by atoms with Gasteiger partial charge in [0.2, 0.25) is 10.0 Å². The normalized spacial score (nSPS) is 12.0. The number of aromatic hydroxyl groups is 1. The molecule has 1 N–H and O–H groups in total. The summed E-state index contributed by atoms with van der Waals surface area (Å²) in [5.41, 5.74) is 0. The molecule has 0 aliphatic rings. The van der Waals surface area contributed by atoms with E-state index in [1.807, 2.05) is 0 Å². The molecule has 0 heterocycles. The standard InChI is InChI=1S/C8H10ClNO3S.C2H7O4P/c1-10(2)14(12,13)8-4-3-6(11)5-7(8)9;1-5-7(3,4)6-2/h3-5,11H,1-2H3;1-2H3,(H,3,4)/p-1. The van der Waals surface area contributed by atoms with Gasteiger partial charge in [-0.2, -0.15) is 0 Å². The lowest BCUT2D eigenvalue weighted by atomic mass is 10.3. The minimum absolute atomic E-state index is 0.0121. The van der Waals surface area contributed by atoms with Crippen molar-refractivity contribution in [1.29, 1.82) is 0 Å². The van der Waals surface area contributed by atoms with Gasteiger partial charge in [0, 0.05) is 28.3 Å². The molecule has 0 aliphatic carbocycles. The van der Waals surface area contributed by atoms with E-state index in [1.165, 1.54) is 32.3 Å².